The highest BCUT2D eigenvalue weighted by Crippen LogP contribution is 2.33. The van der Waals surface area contributed by atoms with Crippen molar-refractivity contribution in [1.29, 1.82) is 0 Å². The fourth-order valence-electron chi connectivity index (χ4n) is 2.32. The molecule has 0 saturated carbocycles. The SMILES string of the molecule is O=C1CC(=O)N(c2cccc3c(O)cccc23)C1. The molecule has 1 amide bonds. The van der Waals surface area contributed by atoms with E-state index in [4.69, 9.17) is 0 Å². The van der Waals surface area contributed by atoms with Crippen molar-refractivity contribution in [2.75, 3.05) is 11.4 Å². The molecule has 0 radical (unpaired) electrons. The Kier molecular flexibility index (Phi) is 2.30. The number of phenolic OH excluding ortho intramolecular Hbond substituents is 1. The predicted octanol–water partition coefficient (Wildman–Crippen LogP) is 1.85. The van der Waals surface area contributed by atoms with Crippen molar-refractivity contribution in [3.05, 3.63) is 36.4 Å². The van der Waals surface area contributed by atoms with Gasteiger partial charge in [-0.3, -0.25) is 9.59 Å². The van der Waals surface area contributed by atoms with Crippen LogP contribution in [0.15, 0.2) is 36.4 Å². The number of aromatic hydroxyl groups is 1. The molecular formula is C14H11NO3. The Labute approximate surface area is 103 Å². The molecule has 90 valence electrons. The smallest absolute Gasteiger partial charge is 0.234 e. The van der Waals surface area contributed by atoms with Crippen molar-refractivity contribution in [1.82, 2.24) is 0 Å². The summed E-state index contributed by atoms with van der Waals surface area (Å²) in [6.07, 6.45) is -0.0325. The standard InChI is InChI=1S/C14H11NO3/c16-9-7-14(18)15(8-9)12-5-1-4-11-10(12)3-2-6-13(11)17/h1-6,17H,7-8H2. The summed E-state index contributed by atoms with van der Waals surface area (Å²) in [4.78, 5) is 24.6. The first kappa shape index (κ1) is 10.8. The van der Waals surface area contributed by atoms with Gasteiger partial charge in [-0.1, -0.05) is 24.3 Å². The number of Topliss-reactive ketones (excluding diaryl/α,β-unsaturated/α-hetero) is 1. The second-order valence-electron chi connectivity index (χ2n) is 4.34. The van der Waals surface area contributed by atoms with Crippen LogP contribution >= 0.6 is 0 Å². The zero-order chi connectivity index (χ0) is 12.7. The first-order valence-electron chi connectivity index (χ1n) is 5.69. The van der Waals surface area contributed by atoms with E-state index in [0.717, 1.165) is 5.39 Å². The lowest BCUT2D eigenvalue weighted by molar-refractivity contribution is -0.121. The summed E-state index contributed by atoms with van der Waals surface area (Å²) in [5, 5.41) is 11.2. The predicted molar refractivity (Wildman–Crippen MR) is 67.6 cm³/mol. The molecule has 0 spiro atoms. The van der Waals surface area contributed by atoms with Crippen LogP contribution in [0.5, 0.6) is 5.75 Å². The van der Waals surface area contributed by atoms with Gasteiger partial charge in [0.15, 0.2) is 5.78 Å². The van der Waals surface area contributed by atoms with Gasteiger partial charge in [0, 0.05) is 10.8 Å². The molecule has 4 nitrogen and oxygen atoms in total. The number of hydrogen-bond donors (Lipinski definition) is 1. The third kappa shape index (κ3) is 1.54. The Bertz CT molecular complexity index is 663. The van der Waals surface area contributed by atoms with Gasteiger partial charge in [-0.05, 0) is 12.1 Å². The first-order chi connectivity index (χ1) is 8.66. The van der Waals surface area contributed by atoms with E-state index in [2.05, 4.69) is 0 Å². The number of carbonyl (C=O) groups excluding carboxylic acids is 2. The molecule has 2 aromatic rings. The normalized spacial score (nSPS) is 15.7. The second kappa shape index (κ2) is 3.84. The second-order valence-corrected chi connectivity index (χ2v) is 4.34. The molecule has 1 heterocycles. The van der Waals surface area contributed by atoms with Gasteiger partial charge in [0.1, 0.15) is 5.75 Å². The van der Waals surface area contributed by atoms with Gasteiger partial charge >= 0.3 is 0 Å². The van der Waals surface area contributed by atoms with E-state index in [1.165, 1.54) is 4.90 Å². The van der Waals surface area contributed by atoms with Crippen molar-refractivity contribution in [2.45, 2.75) is 6.42 Å². The van der Waals surface area contributed by atoms with Gasteiger partial charge in [0.2, 0.25) is 5.91 Å². The summed E-state index contributed by atoms with van der Waals surface area (Å²) in [6.45, 7) is 0.119. The van der Waals surface area contributed by atoms with Crippen molar-refractivity contribution in [3.8, 4) is 5.75 Å². The van der Waals surface area contributed by atoms with Crippen LogP contribution in [-0.2, 0) is 9.59 Å². The zero-order valence-corrected chi connectivity index (χ0v) is 9.59. The van der Waals surface area contributed by atoms with Crippen molar-refractivity contribution in [2.24, 2.45) is 0 Å². The lowest BCUT2D eigenvalue weighted by Gasteiger charge is -2.17. The van der Waals surface area contributed by atoms with Gasteiger partial charge in [0.25, 0.3) is 0 Å². The van der Waals surface area contributed by atoms with Gasteiger partial charge in [-0.2, -0.15) is 0 Å². The molecule has 0 aliphatic carbocycles. The average molecular weight is 241 g/mol. The molecule has 0 atom stereocenters. The highest BCUT2D eigenvalue weighted by Gasteiger charge is 2.29. The summed E-state index contributed by atoms with van der Waals surface area (Å²) in [5.74, 6) is -0.0830. The average Bonchev–Trinajstić information content (AvgIpc) is 2.68. The van der Waals surface area contributed by atoms with Crippen LogP contribution in [0, 0.1) is 0 Å². The summed E-state index contributed by atoms with van der Waals surface area (Å²) in [5.41, 5.74) is 0.680. The van der Waals surface area contributed by atoms with Crippen LogP contribution in [0.25, 0.3) is 10.8 Å². The maximum Gasteiger partial charge on any atom is 0.234 e. The number of carbonyl (C=O) groups is 2. The van der Waals surface area contributed by atoms with Crippen LogP contribution in [-0.4, -0.2) is 23.3 Å². The Balaban J connectivity index is 2.21. The molecule has 18 heavy (non-hydrogen) atoms. The Morgan fingerprint density at radius 3 is 2.44 bits per heavy atom. The summed E-state index contributed by atoms with van der Waals surface area (Å²) in [7, 11) is 0. The minimum Gasteiger partial charge on any atom is -0.507 e. The number of rotatable bonds is 1. The third-order valence-corrected chi connectivity index (χ3v) is 3.15. The van der Waals surface area contributed by atoms with Crippen molar-refractivity contribution >= 4 is 28.2 Å². The summed E-state index contributed by atoms with van der Waals surface area (Å²) in [6, 6.07) is 10.5. The maximum atomic E-state index is 11.8. The fourth-order valence-corrected chi connectivity index (χ4v) is 2.32. The van der Waals surface area contributed by atoms with Crippen molar-refractivity contribution in [3.63, 3.8) is 0 Å². The van der Waals surface area contributed by atoms with Crippen LogP contribution in [0.1, 0.15) is 6.42 Å². The quantitative estimate of drug-likeness (QED) is 0.775. The third-order valence-electron chi connectivity index (χ3n) is 3.15. The molecular weight excluding hydrogens is 230 g/mol. The topological polar surface area (TPSA) is 57.6 Å². The van der Waals surface area contributed by atoms with Crippen molar-refractivity contribution < 1.29 is 14.7 Å². The van der Waals surface area contributed by atoms with E-state index in [9.17, 15) is 14.7 Å². The lowest BCUT2D eigenvalue weighted by atomic mass is 10.1. The van der Waals surface area contributed by atoms with Gasteiger partial charge in [-0.25, -0.2) is 0 Å². The molecule has 0 aromatic heterocycles. The maximum absolute atomic E-state index is 11.8. The van der Waals surface area contributed by atoms with Crippen LogP contribution < -0.4 is 4.90 Å². The fraction of sp³-hybridized carbons (Fsp3) is 0.143. The van der Waals surface area contributed by atoms with Crippen LogP contribution in [0.3, 0.4) is 0 Å². The number of hydrogen-bond acceptors (Lipinski definition) is 3. The van der Waals surface area contributed by atoms with Gasteiger partial charge in [-0.15, -0.1) is 0 Å². The van der Waals surface area contributed by atoms with Crippen LogP contribution in [0.4, 0.5) is 5.69 Å². The number of fused-ring (bicyclic) bond motifs is 1. The number of anilines is 1. The number of phenols is 1. The molecule has 0 unspecified atom stereocenters. The highest BCUT2D eigenvalue weighted by molar-refractivity contribution is 6.18. The van der Waals surface area contributed by atoms with Crippen LogP contribution in [0.2, 0.25) is 0 Å². The molecule has 1 N–H and O–H groups in total. The molecule has 0 bridgehead atoms. The van der Waals surface area contributed by atoms with E-state index in [1.807, 2.05) is 6.07 Å². The highest BCUT2D eigenvalue weighted by atomic mass is 16.3. The molecule has 1 fully saturated rings. The number of nitrogens with zero attached hydrogens (tertiary/aromatic N) is 1. The largest absolute Gasteiger partial charge is 0.507 e. The first-order valence-corrected chi connectivity index (χ1v) is 5.69. The summed E-state index contributed by atoms with van der Waals surface area (Å²) < 4.78 is 0. The van der Waals surface area contributed by atoms with E-state index < -0.39 is 0 Å². The zero-order valence-electron chi connectivity index (χ0n) is 9.59. The van der Waals surface area contributed by atoms with E-state index >= 15 is 0 Å². The summed E-state index contributed by atoms with van der Waals surface area (Å²) >= 11 is 0. The van der Waals surface area contributed by atoms with E-state index in [0.29, 0.717) is 11.1 Å². The molecule has 1 saturated heterocycles. The van der Waals surface area contributed by atoms with E-state index in [1.54, 1.807) is 30.3 Å². The van der Waals surface area contributed by atoms with E-state index in [-0.39, 0.29) is 30.4 Å². The number of amides is 1. The molecule has 1 aliphatic rings. The molecule has 4 heteroatoms. The number of benzene rings is 2. The Morgan fingerprint density at radius 1 is 1.00 bits per heavy atom. The Hall–Kier alpha value is -2.36. The van der Waals surface area contributed by atoms with Gasteiger partial charge in [0.05, 0.1) is 18.7 Å². The minimum atomic E-state index is -0.184. The minimum absolute atomic E-state index is 0.0325. The molecule has 2 aromatic carbocycles. The monoisotopic (exact) mass is 241 g/mol. The molecule has 1 aliphatic heterocycles. The molecule has 3 rings (SSSR count). The lowest BCUT2D eigenvalue weighted by Crippen LogP contribution is -2.24. The van der Waals surface area contributed by atoms with Gasteiger partial charge < -0.3 is 10.0 Å². The number of ketones is 1. The Morgan fingerprint density at radius 2 is 1.72 bits per heavy atom.